The molecule has 0 aromatic rings. The summed E-state index contributed by atoms with van der Waals surface area (Å²) >= 11 is 0. The Balaban J connectivity index is 1.64. The lowest BCUT2D eigenvalue weighted by atomic mass is 9.86. The lowest BCUT2D eigenvalue weighted by Crippen LogP contribution is -2.48. The number of nitrogens with zero attached hydrogens (tertiary/aromatic N) is 3. The van der Waals surface area contributed by atoms with Crippen molar-refractivity contribution in [2.24, 2.45) is 16.3 Å². The summed E-state index contributed by atoms with van der Waals surface area (Å²) in [6.07, 6.45) is 7.05. The van der Waals surface area contributed by atoms with Gasteiger partial charge in [-0.3, -0.25) is 9.89 Å². The number of ether oxygens (including phenoxy) is 1. The van der Waals surface area contributed by atoms with Crippen molar-refractivity contribution < 1.29 is 4.74 Å². The van der Waals surface area contributed by atoms with Crippen LogP contribution in [0.25, 0.3) is 0 Å². The van der Waals surface area contributed by atoms with Gasteiger partial charge in [-0.15, -0.1) is 0 Å². The number of nitrogens with one attached hydrogen (secondary N) is 1. The van der Waals surface area contributed by atoms with Crippen LogP contribution in [0.3, 0.4) is 0 Å². The van der Waals surface area contributed by atoms with Crippen molar-refractivity contribution in [1.29, 1.82) is 0 Å². The van der Waals surface area contributed by atoms with E-state index in [0.717, 1.165) is 45.4 Å². The van der Waals surface area contributed by atoms with E-state index in [-0.39, 0.29) is 0 Å². The molecule has 0 aromatic heterocycles. The second-order valence-electron chi connectivity index (χ2n) is 8.53. The lowest BCUT2D eigenvalue weighted by Gasteiger charge is -2.36. The van der Waals surface area contributed by atoms with Crippen molar-refractivity contribution in [3.8, 4) is 0 Å². The monoisotopic (exact) mass is 350 g/mol. The van der Waals surface area contributed by atoms with Gasteiger partial charge in [0.1, 0.15) is 0 Å². The molecule has 1 unspecified atom stereocenters. The van der Waals surface area contributed by atoms with Crippen molar-refractivity contribution in [3.63, 3.8) is 0 Å². The molecule has 144 valence electrons. The van der Waals surface area contributed by atoms with Gasteiger partial charge < -0.3 is 15.0 Å². The van der Waals surface area contributed by atoms with Crippen LogP contribution >= 0.6 is 0 Å². The Kier molecular flexibility index (Phi) is 6.61. The van der Waals surface area contributed by atoms with Crippen molar-refractivity contribution in [2.45, 2.75) is 58.9 Å². The van der Waals surface area contributed by atoms with E-state index < -0.39 is 0 Å². The number of likely N-dealkylation sites (tertiary alicyclic amines) is 1. The Morgan fingerprint density at radius 3 is 2.48 bits per heavy atom. The van der Waals surface area contributed by atoms with Gasteiger partial charge in [0, 0.05) is 38.8 Å². The molecule has 2 heterocycles. The third-order valence-electron chi connectivity index (χ3n) is 6.45. The smallest absolute Gasteiger partial charge is 0.193 e. The van der Waals surface area contributed by atoms with Gasteiger partial charge in [-0.1, -0.05) is 26.7 Å². The molecule has 0 aromatic carbocycles. The standard InChI is InChI=1S/C20H38N4O/c1-4-21-19(24-10-9-20(16-24)7-5-6-8-20)22-15-18(17(2)3)23-11-13-25-14-12-23/h17-18H,4-16H2,1-3H3,(H,21,22). The molecule has 1 atom stereocenters. The molecular formula is C20H38N4O. The first kappa shape index (κ1) is 19.0. The van der Waals surface area contributed by atoms with Crippen LogP contribution in [0, 0.1) is 11.3 Å². The molecule has 5 nitrogen and oxygen atoms in total. The molecule has 1 aliphatic carbocycles. The van der Waals surface area contributed by atoms with Gasteiger partial charge in [0.05, 0.1) is 19.8 Å². The molecule has 3 rings (SSSR count). The van der Waals surface area contributed by atoms with E-state index in [1.54, 1.807) is 0 Å². The van der Waals surface area contributed by atoms with E-state index in [0.29, 0.717) is 17.4 Å². The van der Waals surface area contributed by atoms with Gasteiger partial charge in [0.2, 0.25) is 0 Å². The van der Waals surface area contributed by atoms with Crippen LogP contribution in [-0.2, 0) is 4.74 Å². The van der Waals surface area contributed by atoms with Crippen molar-refractivity contribution in [3.05, 3.63) is 0 Å². The quantitative estimate of drug-likeness (QED) is 0.611. The van der Waals surface area contributed by atoms with Gasteiger partial charge in [-0.05, 0) is 37.5 Å². The number of hydrogen-bond acceptors (Lipinski definition) is 3. The summed E-state index contributed by atoms with van der Waals surface area (Å²) in [7, 11) is 0. The largest absolute Gasteiger partial charge is 0.379 e. The predicted octanol–water partition coefficient (Wildman–Crippen LogP) is 2.57. The topological polar surface area (TPSA) is 40.1 Å². The zero-order valence-corrected chi connectivity index (χ0v) is 16.6. The fourth-order valence-electron chi connectivity index (χ4n) is 4.91. The molecule has 0 bridgehead atoms. The Labute approximate surface area is 154 Å². The highest BCUT2D eigenvalue weighted by molar-refractivity contribution is 5.80. The minimum atomic E-state index is 0.514. The maximum Gasteiger partial charge on any atom is 0.193 e. The molecule has 1 saturated carbocycles. The lowest BCUT2D eigenvalue weighted by molar-refractivity contribution is 0.00863. The molecule has 1 spiro atoms. The summed E-state index contributed by atoms with van der Waals surface area (Å²) in [6.45, 7) is 14.9. The van der Waals surface area contributed by atoms with Crippen LogP contribution in [0.4, 0.5) is 0 Å². The van der Waals surface area contributed by atoms with E-state index >= 15 is 0 Å². The average molecular weight is 351 g/mol. The Morgan fingerprint density at radius 2 is 1.84 bits per heavy atom. The van der Waals surface area contributed by atoms with Crippen LogP contribution in [-0.4, -0.2) is 74.3 Å². The first-order chi connectivity index (χ1) is 12.1. The molecule has 0 radical (unpaired) electrons. The van der Waals surface area contributed by atoms with Gasteiger partial charge in [-0.2, -0.15) is 0 Å². The second kappa shape index (κ2) is 8.72. The summed E-state index contributed by atoms with van der Waals surface area (Å²) in [5, 5.41) is 3.56. The molecule has 3 fully saturated rings. The van der Waals surface area contributed by atoms with Crippen LogP contribution in [0.1, 0.15) is 52.9 Å². The third kappa shape index (κ3) is 4.68. The number of guanidine groups is 1. The maximum absolute atomic E-state index is 5.53. The van der Waals surface area contributed by atoms with Crippen LogP contribution in [0.15, 0.2) is 4.99 Å². The van der Waals surface area contributed by atoms with Crippen molar-refractivity contribution >= 4 is 5.96 Å². The minimum Gasteiger partial charge on any atom is -0.379 e. The maximum atomic E-state index is 5.53. The molecule has 5 heteroatoms. The van der Waals surface area contributed by atoms with E-state index in [1.807, 2.05) is 0 Å². The average Bonchev–Trinajstić information content (AvgIpc) is 3.25. The highest BCUT2D eigenvalue weighted by Gasteiger charge is 2.41. The first-order valence-electron chi connectivity index (χ1n) is 10.5. The Morgan fingerprint density at radius 1 is 1.12 bits per heavy atom. The summed E-state index contributed by atoms with van der Waals surface area (Å²) in [4.78, 5) is 10.2. The molecule has 2 aliphatic heterocycles. The summed E-state index contributed by atoms with van der Waals surface area (Å²) in [6, 6.07) is 0.514. The Hall–Kier alpha value is -0.810. The van der Waals surface area contributed by atoms with Gasteiger partial charge in [0.25, 0.3) is 0 Å². The van der Waals surface area contributed by atoms with Gasteiger partial charge >= 0.3 is 0 Å². The van der Waals surface area contributed by atoms with Crippen LogP contribution in [0.2, 0.25) is 0 Å². The molecule has 0 amide bonds. The predicted molar refractivity (Wildman–Crippen MR) is 104 cm³/mol. The fraction of sp³-hybridized carbons (Fsp3) is 0.950. The number of hydrogen-bond donors (Lipinski definition) is 1. The van der Waals surface area contributed by atoms with Crippen LogP contribution < -0.4 is 5.32 Å². The zero-order valence-electron chi connectivity index (χ0n) is 16.6. The summed E-state index contributed by atoms with van der Waals surface area (Å²) in [5.41, 5.74) is 0.595. The number of morpholine rings is 1. The number of aliphatic imine (C=N–C) groups is 1. The van der Waals surface area contributed by atoms with E-state index in [2.05, 4.69) is 35.9 Å². The molecule has 3 aliphatic rings. The molecule has 1 N–H and O–H groups in total. The second-order valence-corrected chi connectivity index (χ2v) is 8.53. The normalized spacial score (nSPS) is 25.9. The van der Waals surface area contributed by atoms with Crippen molar-refractivity contribution in [1.82, 2.24) is 15.1 Å². The summed E-state index contributed by atoms with van der Waals surface area (Å²) in [5.74, 6) is 1.76. The van der Waals surface area contributed by atoms with Crippen LogP contribution in [0.5, 0.6) is 0 Å². The van der Waals surface area contributed by atoms with E-state index in [1.165, 1.54) is 45.2 Å². The first-order valence-corrected chi connectivity index (χ1v) is 10.5. The number of rotatable bonds is 5. The van der Waals surface area contributed by atoms with Gasteiger partial charge in [-0.25, -0.2) is 0 Å². The SMILES string of the molecule is CCNC(=NCC(C(C)C)N1CCOCC1)N1CCC2(CCCC2)C1. The molecule has 2 saturated heterocycles. The fourth-order valence-corrected chi connectivity index (χ4v) is 4.91. The van der Waals surface area contributed by atoms with E-state index in [4.69, 9.17) is 9.73 Å². The highest BCUT2D eigenvalue weighted by Crippen LogP contribution is 2.45. The van der Waals surface area contributed by atoms with Gasteiger partial charge in [0.15, 0.2) is 5.96 Å². The third-order valence-corrected chi connectivity index (χ3v) is 6.45. The van der Waals surface area contributed by atoms with Crippen molar-refractivity contribution in [2.75, 3.05) is 52.5 Å². The Bertz CT molecular complexity index is 439. The molecular weight excluding hydrogens is 312 g/mol. The summed E-state index contributed by atoms with van der Waals surface area (Å²) < 4.78 is 5.53. The zero-order chi connectivity index (χ0) is 17.7. The highest BCUT2D eigenvalue weighted by atomic mass is 16.5. The molecule has 25 heavy (non-hydrogen) atoms. The van der Waals surface area contributed by atoms with E-state index in [9.17, 15) is 0 Å². The minimum absolute atomic E-state index is 0.514.